The number of rotatable bonds is 20. The summed E-state index contributed by atoms with van der Waals surface area (Å²) in [5, 5.41) is 6.19. The topological polar surface area (TPSA) is 58.2 Å². The number of carbonyl (C=O) groups is 2. The summed E-state index contributed by atoms with van der Waals surface area (Å²) >= 11 is 0. The maximum atomic E-state index is 12.1. The zero-order valence-corrected chi connectivity index (χ0v) is 21.7. The van der Waals surface area contributed by atoms with Crippen molar-refractivity contribution in [1.82, 2.24) is 10.6 Å². The van der Waals surface area contributed by atoms with Gasteiger partial charge in [-0.05, 0) is 57.1 Å². The van der Waals surface area contributed by atoms with Crippen LogP contribution in [0.2, 0.25) is 0 Å². The van der Waals surface area contributed by atoms with Gasteiger partial charge in [-0.2, -0.15) is 0 Å². The summed E-state index contributed by atoms with van der Waals surface area (Å²) in [6.45, 7) is 4.49. The van der Waals surface area contributed by atoms with Gasteiger partial charge in [0.1, 0.15) is 0 Å². The van der Waals surface area contributed by atoms with E-state index in [-0.39, 0.29) is 23.9 Å². The normalized spacial score (nSPS) is 18.4. The standard InChI is InChI=1S/C29H52N2O2/c1-3-5-7-9-11-13-15-17-19-21-28(32)30-26-23-24-27(25-26)31-29(33)22-20-18-16-14-12-10-8-6-4-2/h19-22,26-27H,3-18,23-25H2,1-2H3,(H,30,32)(H,31,33). The summed E-state index contributed by atoms with van der Waals surface area (Å²) in [5.74, 6) is 0.00836. The Hall–Kier alpha value is -1.58. The predicted octanol–water partition coefficient (Wildman–Crippen LogP) is 7.53. The Morgan fingerprint density at radius 1 is 0.606 bits per heavy atom. The third kappa shape index (κ3) is 17.5. The number of unbranched alkanes of at least 4 members (excludes halogenated alkanes) is 14. The number of amides is 2. The van der Waals surface area contributed by atoms with Crippen molar-refractivity contribution in [3.63, 3.8) is 0 Å². The van der Waals surface area contributed by atoms with Crippen LogP contribution < -0.4 is 10.6 Å². The molecular formula is C29H52N2O2. The van der Waals surface area contributed by atoms with Gasteiger partial charge in [0, 0.05) is 12.1 Å². The van der Waals surface area contributed by atoms with Crippen molar-refractivity contribution in [3.8, 4) is 0 Å². The lowest BCUT2D eigenvalue weighted by Crippen LogP contribution is -2.36. The van der Waals surface area contributed by atoms with Gasteiger partial charge in [-0.1, -0.05) is 103 Å². The van der Waals surface area contributed by atoms with E-state index in [1.165, 1.54) is 89.9 Å². The van der Waals surface area contributed by atoms with Crippen LogP contribution in [0.1, 0.15) is 136 Å². The highest BCUT2D eigenvalue weighted by Gasteiger charge is 2.26. The van der Waals surface area contributed by atoms with Crippen LogP contribution in [0.15, 0.2) is 24.3 Å². The molecular weight excluding hydrogens is 408 g/mol. The van der Waals surface area contributed by atoms with E-state index in [1.54, 1.807) is 12.2 Å². The highest BCUT2D eigenvalue weighted by atomic mass is 16.2. The lowest BCUT2D eigenvalue weighted by atomic mass is 10.1. The molecule has 0 radical (unpaired) electrons. The SMILES string of the molecule is CCCCCCCCCC=CC(=O)NC1CCC(NC(=O)C=CCCCCCCCCC)C1. The fourth-order valence-electron chi connectivity index (χ4n) is 4.56. The molecule has 190 valence electrons. The molecule has 0 aromatic heterocycles. The first-order chi connectivity index (χ1) is 16.2. The number of allylic oxidation sites excluding steroid dienone is 2. The molecule has 2 N–H and O–H groups in total. The maximum absolute atomic E-state index is 12.1. The van der Waals surface area contributed by atoms with E-state index in [0.717, 1.165) is 32.1 Å². The lowest BCUT2D eigenvalue weighted by Gasteiger charge is -2.13. The second kappa shape index (κ2) is 21.0. The van der Waals surface area contributed by atoms with E-state index in [0.29, 0.717) is 0 Å². The number of carbonyl (C=O) groups excluding carboxylic acids is 2. The molecule has 33 heavy (non-hydrogen) atoms. The summed E-state index contributed by atoms with van der Waals surface area (Å²) in [7, 11) is 0. The number of hydrogen-bond acceptors (Lipinski definition) is 2. The second-order valence-corrected chi connectivity index (χ2v) is 9.85. The summed E-state index contributed by atoms with van der Waals surface area (Å²) < 4.78 is 0. The molecule has 4 nitrogen and oxygen atoms in total. The third-order valence-corrected chi connectivity index (χ3v) is 6.61. The molecule has 2 amide bonds. The van der Waals surface area contributed by atoms with Crippen LogP contribution in [0.3, 0.4) is 0 Å². The number of hydrogen-bond donors (Lipinski definition) is 2. The Labute approximate surface area is 204 Å². The van der Waals surface area contributed by atoms with E-state index in [2.05, 4.69) is 24.5 Å². The first kappa shape index (κ1) is 29.5. The van der Waals surface area contributed by atoms with Crippen molar-refractivity contribution in [2.24, 2.45) is 0 Å². The Bertz CT molecular complexity index is 508. The van der Waals surface area contributed by atoms with Crippen LogP contribution in [-0.2, 0) is 9.59 Å². The van der Waals surface area contributed by atoms with E-state index < -0.39 is 0 Å². The first-order valence-corrected chi connectivity index (χ1v) is 14.1. The van der Waals surface area contributed by atoms with Crippen LogP contribution in [0.25, 0.3) is 0 Å². The van der Waals surface area contributed by atoms with Crippen molar-refractivity contribution in [2.75, 3.05) is 0 Å². The van der Waals surface area contributed by atoms with E-state index in [4.69, 9.17) is 0 Å². The molecule has 2 atom stereocenters. The van der Waals surface area contributed by atoms with Crippen LogP contribution in [-0.4, -0.2) is 23.9 Å². The zero-order chi connectivity index (χ0) is 24.0. The molecule has 4 heteroatoms. The Morgan fingerprint density at radius 3 is 1.36 bits per heavy atom. The minimum Gasteiger partial charge on any atom is -0.350 e. The van der Waals surface area contributed by atoms with Crippen molar-refractivity contribution >= 4 is 11.8 Å². The first-order valence-electron chi connectivity index (χ1n) is 14.1. The molecule has 2 unspecified atom stereocenters. The van der Waals surface area contributed by atoms with Crippen molar-refractivity contribution < 1.29 is 9.59 Å². The molecule has 0 saturated heterocycles. The summed E-state index contributed by atoms with van der Waals surface area (Å²) in [5.41, 5.74) is 0. The maximum Gasteiger partial charge on any atom is 0.243 e. The van der Waals surface area contributed by atoms with Gasteiger partial charge in [-0.25, -0.2) is 0 Å². The molecule has 1 rings (SSSR count). The lowest BCUT2D eigenvalue weighted by molar-refractivity contribution is -0.117. The molecule has 1 fully saturated rings. The van der Waals surface area contributed by atoms with Crippen LogP contribution in [0.4, 0.5) is 0 Å². The highest BCUT2D eigenvalue weighted by Crippen LogP contribution is 2.19. The summed E-state index contributed by atoms with van der Waals surface area (Å²) in [6.07, 6.45) is 30.2. The Kier molecular flexibility index (Phi) is 18.7. The molecule has 0 spiro atoms. The van der Waals surface area contributed by atoms with Crippen LogP contribution in [0.5, 0.6) is 0 Å². The van der Waals surface area contributed by atoms with Crippen molar-refractivity contribution in [2.45, 2.75) is 148 Å². The third-order valence-electron chi connectivity index (χ3n) is 6.61. The highest BCUT2D eigenvalue weighted by molar-refractivity contribution is 5.88. The largest absolute Gasteiger partial charge is 0.350 e. The van der Waals surface area contributed by atoms with Gasteiger partial charge in [0.2, 0.25) is 11.8 Å². The van der Waals surface area contributed by atoms with Gasteiger partial charge in [0.25, 0.3) is 0 Å². The molecule has 1 saturated carbocycles. The van der Waals surface area contributed by atoms with E-state index in [9.17, 15) is 9.59 Å². The quantitative estimate of drug-likeness (QED) is 0.146. The average molecular weight is 461 g/mol. The number of nitrogens with one attached hydrogen (secondary N) is 2. The minimum atomic E-state index is 0.00418. The van der Waals surface area contributed by atoms with Crippen molar-refractivity contribution in [3.05, 3.63) is 24.3 Å². The molecule has 0 aromatic carbocycles. The van der Waals surface area contributed by atoms with Crippen molar-refractivity contribution in [1.29, 1.82) is 0 Å². The summed E-state index contributed by atoms with van der Waals surface area (Å²) in [6, 6.07) is 0.338. The zero-order valence-electron chi connectivity index (χ0n) is 21.7. The molecule has 0 aromatic rings. The Morgan fingerprint density at radius 2 is 0.970 bits per heavy atom. The fraction of sp³-hybridized carbons (Fsp3) is 0.793. The average Bonchev–Trinajstić information content (AvgIpc) is 3.23. The van der Waals surface area contributed by atoms with Crippen LogP contribution >= 0.6 is 0 Å². The van der Waals surface area contributed by atoms with Gasteiger partial charge in [0.05, 0.1) is 0 Å². The predicted molar refractivity (Wildman–Crippen MR) is 141 cm³/mol. The van der Waals surface area contributed by atoms with Crippen LogP contribution in [0, 0.1) is 0 Å². The molecule has 0 heterocycles. The fourth-order valence-corrected chi connectivity index (χ4v) is 4.56. The van der Waals surface area contributed by atoms with Gasteiger partial charge in [0.15, 0.2) is 0 Å². The molecule has 1 aliphatic rings. The monoisotopic (exact) mass is 460 g/mol. The van der Waals surface area contributed by atoms with E-state index in [1.807, 2.05) is 12.2 Å². The second-order valence-electron chi connectivity index (χ2n) is 9.85. The van der Waals surface area contributed by atoms with E-state index >= 15 is 0 Å². The van der Waals surface area contributed by atoms with Gasteiger partial charge >= 0.3 is 0 Å². The van der Waals surface area contributed by atoms with Gasteiger partial charge in [-0.3, -0.25) is 9.59 Å². The molecule has 0 aliphatic heterocycles. The Balaban J connectivity index is 2.04. The molecule has 1 aliphatic carbocycles. The van der Waals surface area contributed by atoms with Gasteiger partial charge in [-0.15, -0.1) is 0 Å². The summed E-state index contributed by atoms with van der Waals surface area (Å²) in [4.78, 5) is 24.3. The van der Waals surface area contributed by atoms with Gasteiger partial charge < -0.3 is 10.6 Å². The molecule has 0 bridgehead atoms. The minimum absolute atomic E-state index is 0.00418. The smallest absolute Gasteiger partial charge is 0.243 e.